The first-order valence-electron chi connectivity index (χ1n) is 2.40. The van der Waals surface area contributed by atoms with Crippen LogP contribution in [0.5, 0.6) is 0 Å². The van der Waals surface area contributed by atoms with Gasteiger partial charge in [-0.2, -0.15) is 0 Å². The lowest BCUT2D eigenvalue weighted by Crippen LogP contribution is -2.24. The van der Waals surface area contributed by atoms with Crippen molar-refractivity contribution in [1.29, 1.82) is 0 Å². The Balaban J connectivity index is 3.35. The molecule has 40 valence electrons. The van der Waals surface area contributed by atoms with Gasteiger partial charge in [0.05, 0.1) is 0 Å². The molecule has 0 bridgehead atoms. The van der Waals surface area contributed by atoms with E-state index >= 15 is 0 Å². The van der Waals surface area contributed by atoms with Crippen molar-refractivity contribution in [2.75, 3.05) is 0 Å². The maximum atomic E-state index is 10.4. The number of carbonyl (C=O) groups is 1. The van der Waals surface area contributed by atoms with E-state index < -0.39 is 0 Å². The van der Waals surface area contributed by atoms with Gasteiger partial charge in [-0.05, 0) is 0 Å². The molecule has 0 aromatic carbocycles. The molecule has 0 fully saturated rings. The largest absolute Gasteiger partial charge is 0.406 e. The van der Waals surface area contributed by atoms with Crippen molar-refractivity contribution < 1.29 is 4.79 Å². The average Bonchev–Trinajstić information content (AvgIpc) is 1.65. The molecule has 0 spiro atoms. The number of nitrogens with one attached hydrogen (secondary N) is 1. The second-order valence-electron chi connectivity index (χ2n) is 1.77. The van der Waals surface area contributed by atoms with E-state index in [0.29, 0.717) is 0 Å². The molecule has 0 aliphatic rings. The number of carbonyl (C=O) groups excluding carboxylic acids is 1. The molecule has 0 aliphatic carbocycles. The van der Waals surface area contributed by atoms with E-state index in [1.807, 2.05) is 13.8 Å². The second-order valence-corrected chi connectivity index (χ2v) is 1.77. The minimum Gasteiger partial charge on any atom is -0.406 e. The predicted octanol–water partition coefficient (Wildman–Crippen LogP) is -0.693. The Morgan fingerprint density at radius 2 is 2.14 bits per heavy atom. The third kappa shape index (κ3) is 2.26. The van der Waals surface area contributed by atoms with E-state index in [2.05, 4.69) is 5.23 Å². The standard InChI is InChI=1S/C4H10BNO/c1-3(2)4(7)6-5/h3H,5H2,1-2H3,(H,6,7). The van der Waals surface area contributed by atoms with E-state index in [0.717, 1.165) is 0 Å². The van der Waals surface area contributed by atoms with Crippen molar-refractivity contribution in [3.05, 3.63) is 0 Å². The van der Waals surface area contributed by atoms with E-state index in [9.17, 15) is 4.79 Å². The molecule has 1 N–H and O–H groups in total. The third-order valence-electron chi connectivity index (χ3n) is 0.771. The zero-order chi connectivity index (χ0) is 5.86. The molecule has 0 saturated heterocycles. The van der Waals surface area contributed by atoms with Crippen molar-refractivity contribution in [3.63, 3.8) is 0 Å². The summed E-state index contributed by atoms with van der Waals surface area (Å²) in [4.78, 5) is 10.4. The first-order valence-corrected chi connectivity index (χ1v) is 2.40. The Hall–Kier alpha value is -0.465. The Kier molecular flexibility index (Phi) is 2.49. The highest BCUT2D eigenvalue weighted by atomic mass is 16.1. The van der Waals surface area contributed by atoms with E-state index in [4.69, 9.17) is 0 Å². The lowest BCUT2D eigenvalue weighted by molar-refractivity contribution is -0.122. The monoisotopic (exact) mass is 99.1 g/mol. The van der Waals surface area contributed by atoms with Gasteiger partial charge in [0.25, 0.3) is 0 Å². The quantitative estimate of drug-likeness (QED) is 0.433. The van der Waals surface area contributed by atoms with Crippen molar-refractivity contribution in [3.8, 4) is 0 Å². The summed E-state index contributed by atoms with van der Waals surface area (Å²) in [6, 6.07) is 0. The van der Waals surface area contributed by atoms with Gasteiger partial charge < -0.3 is 5.23 Å². The number of hydrogen-bond donors (Lipinski definition) is 1. The van der Waals surface area contributed by atoms with Gasteiger partial charge in [0, 0.05) is 5.92 Å². The van der Waals surface area contributed by atoms with E-state index in [1.165, 1.54) is 0 Å². The van der Waals surface area contributed by atoms with Crippen LogP contribution in [0.1, 0.15) is 13.8 Å². The molecular formula is C4H10BNO. The average molecular weight is 98.9 g/mol. The minimum atomic E-state index is 0.0972. The van der Waals surface area contributed by atoms with Gasteiger partial charge in [0.15, 0.2) is 0 Å². The fourth-order valence-corrected chi connectivity index (χ4v) is 0.289. The predicted molar refractivity (Wildman–Crippen MR) is 31.5 cm³/mol. The van der Waals surface area contributed by atoms with Gasteiger partial charge in [0.1, 0.15) is 0 Å². The Bertz CT molecular complexity index is 72.1. The molecule has 3 heteroatoms. The molecule has 0 radical (unpaired) electrons. The second kappa shape index (κ2) is 2.67. The Morgan fingerprint density at radius 1 is 1.71 bits per heavy atom. The summed E-state index contributed by atoms with van der Waals surface area (Å²) in [5.41, 5.74) is 0. The van der Waals surface area contributed by atoms with Gasteiger partial charge in [-0.25, -0.2) is 0 Å². The van der Waals surface area contributed by atoms with Crippen LogP contribution in [0.2, 0.25) is 0 Å². The van der Waals surface area contributed by atoms with Gasteiger partial charge in [-0.3, -0.25) is 4.79 Å². The number of amides is 1. The molecule has 0 unspecified atom stereocenters. The topological polar surface area (TPSA) is 29.1 Å². The summed E-state index contributed by atoms with van der Waals surface area (Å²) >= 11 is 0. The molecule has 0 aromatic rings. The smallest absolute Gasteiger partial charge is 0.217 e. The zero-order valence-corrected chi connectivity index (χ0v) is 4.99. The number of rotatable bonds is 1. The van der Waals surface area contributed by atoms with Crippen LogP contribution in [-0.2, 0) is 4.79 Å². The normalized spacial score (nSPS) is 9.00. The summed E-state index contributed by atoms with van der Waals surface area (Å²) in [6.07, 6.45) is 0. The zero-order valence-electron chi connectivity index (χ0n) is 4.99. The Labute approximate surface area is 44.7 Å². The molecule has 0 aromatic heterocycles. The van der Waals surface area contributed by atoms with Crippen LogP contribution in [0.25, 0.3) is 0 Å². The molecule has 0 atom stereocenters. The lowest BCUT2D eigenvalue weighted by atomic mass is 10.2. The van der Waals surface area contributed by atoms with Crippen molar-refractivity contribution in [2.24, 2.45) is 5.92 Å². The summed E-state index contributed by atoms with van der Waals surface area (Å²) in [5, 5.41) is 2.53. The first kappa shape index (κ1) is 6.53. The van der Waals surface area contributed by atoms with Crippen molar-refractivity contribution in [1.82, 2.24) is 5.23 Å². The van der Waals surface area contributed by atoms with Crippen molar-refractivity contribution in [2.45, 2.75) is 13.8 Å². The maximum Gasteiger partial charge on any atom is 0.217 e. The molecule has 7 heavy (non-hydrogen) atoms. The van der Waals surface area contributed by atoms with E-state index in [1.54, 1.807) is 7.98 Å². The van der Waals surface area contributed by atoms with Crippen LogP contribution in [0.4, 0.5) is 0 Å². The van der Waals surface area contributed by atoms with Gasteiger partial charge in [-0.15, -0.1) is 0 Å². The Morgan fingerprint density at radius 3 is 2.14 bits per heavy atom. The minimum absolute atomic E-state index is 0.0972. The fourth-order valence-electron chi connectivity index (χ4n) is 0.289. The molecule has 0 heterocycles. The molecule has 2 nitrogen and oxygen atoms in total. The fraction of sp³-hybridized carbons (Fsp3) is 0.750. The highest BCUT2D eigenvalue weighted by Gasteiger charge is 1.99. The van der Waals surface area contributed by atoms with Crippen LogP contribution >= 0.6 is 0 Å². The summed E-state index contributed by atoms with van der Waals surface area (Å²) in [6.45, 7) is 3.72. The summed E-state index contributed by atoms with van der Waals surface area (Å²) in [7, 11) is 1.64. The summed E-state index contributed by atoms with van der Waals surface area (Å²) in [5.74, 6) is 0.213. The number of hydrogen-bond acceptors (Lipinski definition) is 1. The highest BCUT2D eigenvalue weighted by molar-refractivity contribution is 6.14. The SMILES string of the molecule is BNC(=O)C(C)C. The molecule has 0 saturated carbocycles. The van der Waals surface area contributed by atoms with E-state index in [-0.39, 0.29) is 11.8 Å². The molecule has 0 aliphatic heterocycles. The van der Waals surface area contributed by atoms with Crippen LogP contribution in [0.15, 0.2) is 0 Å². The summed E-state index contributed by atoms with van der Waals surface area (Å²) < 4.78 is 0. The van der Waals surface area contributed by atoms with Crippen LogP contribution in [0.3, 0.4) is 0 Å². The van der Waals surface area contributed by atoms with Gasteiger partial charge in [0.2, 0.25) is 13.9 Å². The van der Waals surface area contributed by atoms with Crippen LogP contribution in [0, 0.1) is 5.92 Å². The van der Waals surface area contributed by atoms with Crippen LogP contribution in [-0.4, -0.2) is 13.9 Å². The van der Waals surface area contributed by atoms with Crippen molar-refractivity contribution >= 4 is 13.9 Å². The molecular weight excluding hydrogens is 88.9 g/mol. The molecule has 0 rings (SSSR count). The van der Waals surface area contributed by atoms with Gasteiger partial charge in [-0.1, -0.05) is 13.8 Å². The highest BCUT2D eigenvalue weighted by Crippen LogP contribution is 1.87. The first-order chi connectivity index (χ1) is 3.18. The van der Waals surface area contributed by atoms with Gasteiger partial charge >= 0.3 is 0 Å². The molecule has 1 amide bonds. The third-order valence-corrected chi connectivity index (χ3v) is 0.771. The lowest BCUT2D eigenvalue weighted by Gasteiger charge is -1.99. The maximum absolute atomic E-state index is 10.4. The van der Waals surface area contributed by atoms with Crippen LogP contribution < -0.4 is 5.23 Å².